The molecule has 17 heavy (non-hydrogen) atoms. The second-order valence-electron chi connectivity index (χ2n) is 4.86. The van der Waals surface area contributed by atoms with Gasteiger partial charge in [0, 0.05) is 5.41 Å². The van der Waals surface area contributed by atoms with E-state index in [0.29, 0.717) is 0 Å². The Morgan fingerprint density at radius 3 is 1.82 bits per heavy atom. The number of benzene rings is 2. The second kappa shape index (κ2) is 4.93. The van der Waals surface area contributed by atoms with E-state index >= 15 is 0 Å². The highest BCUT2D eigenvalue weighted by molar-refractivity contribution is 6.21. The van der Waals surface area contributed by atoms with Gasteiger partial charge in [0.05, 0.1) is 5.38 Å². The first-order valence-electron chi connectivity index (χ1n) is 5.87. The van der Waals surface area contributed by atoms with E-state index in [2.05, 4.69) is 50.2 Å². The molecule has 0 spiro atoms. The first kappa shape index (κ1) is 12.2. The van der Waals surface area contributed by atoms with E-state index in [0.717, 1.165) is 0 Å². The zero-order chi connectivity index (χ0) is 12.3. The summed E-state index contributed by atoms with van der Waals surface area (Å²) < 4.78 is 0. The normalized spacial score (nSPS) is 13.4. The molecule has 0 saturated heterocycles. The van der Waals surface area contributed by atoms with Crippen LogP contribution in [0.4, 0.5) is 0 Å². The zero-order valence-corrected chi connectivity index (χ0v) is 11.0. The smallest absolute Gasteiger partial charge is 0.0676 e. The SMILES string of the molecule is CC(C)(c1ccccc1)C(Cl)c1ccccc1. The largest absolute Gasteiger partial charge is 0.117 e. The van der Waals surface area contributed by atoms with Crippen LogP contribution in [0.2, 0.25) is 0 Å². The number of hydrogen-bond donors (Lipinski definition) is 0. The second-order valence-corrected chi connectivity index (χ2v) is 5.30. The molecule has 88 valence electrons. The van der Waals surface area contributed by atoms with Crippen molar-refractivity contribution in [3.8, 4) is 0 Å². The van der Waals surface area contributed by atoms with Gasteiger partial charge in [0.1, 0.15) is 0 Å². The van der Waals surface area contributed by atoms with Crippen LogP contribution in [0.1, 0.15) is 30.4 Å². The lowest BCUT2D eigenvalue weighted by atomic mass is 9.79. The van der Waals surface area contributed by atoms with E-state index < -0.39 is 0 Å². The lowest BCUT2D eigenvalue weighted by molar-refractivity contribution is 0.504. The van der Waals surface area contributed by atoms with Crippen molar-refractivity contribution in [3.63, 3.8) is 0 Å². The molecule has 0 N–H and O–H groups in total. The molecule has 0 saturated carbocycles. The summed E-state index contributed by atoms with van der Waals surface area (Å²) in [5, 5.41) is -0.0221. The molecular weight excluding hydrogens is 228 g/mol. The molecule has 0 radical (unpaired) electrons. The minimum Gasteiger partial charge on any atom is -0.117 e. The molecule has 0 aromatic heterocycles. The molecule has 0 fully saturated rings. The summed E-state index contributed by atoms with van der Waals surface area (Å²) in [6.07, 6.45) is 0. The predicted octanol–water partition coefficient (Wildman–Crippen LogP) is 4.94. The highest BCUT2D eigenvalue weighted by Crippen LogP contribution is 2.41. The summed E-state index contributed by atoms with van der Waals surface area (Å²) in [6, 6.07) is 20.7. The van der Waals surface area contributed by atoms with Crippen LogP contribution in [-0.4, -0.2) is 0 Å². The van der Waals surface area contributed by atoms with Crippen molar-refractivity contribution >= 4 is 11.6 Å². The molecular formula is C16H17Cl. The first-order valence-corrected chi connectivity index (χ1v) is 6.30. The molecule has 0 heterocycles. The van der Waals surface area contributed by atoms with Crippen LogP contribution in [0.25, 0.3) is 0 Å². The molecule has 0 aliphatic carbocycles. The number of alkyl halides is 1. The fraction of sp³-hybridized carbons (Fsp3) is 0.250. The molecule has 2 aromatic rings. The Balaban J connectivity index is 2.33. The van der Waals surface area contributed by atoms with Crippen LogP contribution >= 0.6 is 11.6 Å². The first-order chi connectivity index (χ1) is 8.12. The minimum atomic E-state index is -0.0792. The Morgan fingerprint density at radius 2 is 1.29 bits per heavy atom. The van der Waals surface area contributed by atoms with Crippen molar-refractivity contribution < 1.29 is 0 Å². The third kappa shape index (κ3) is 2.53. The van der Waals surface area contributed by atoms with Crippen molar-refractivity contribution in [2.24, 2.45) is 0 Å². The zero-order valence-electron chi connectivity index (χ0n) is 10.2. The standard InChI is InChI=1S/C16H17Cl/c1-16(2,14-11-7-4-8-12-14)15(17)13-9-5-3-6-10-13/h3-12,15H,1-2H3. The summed E-state index contributed by atoms with van der Waals surface area (Å²) in [5.41, 5.74) is 2.36. The monoisotopic (exact) mass is 244 g/mol. The van der Waals surface area contributed by atoms with Gasteiger partial charge in [-0.15, -0.1) is 11.6 Å². The average molecular weight is 245 g/mol. The number of halogens is 1. The minimum absolute atomic E-state index is 0.0221. The number of rotatable bonds is 3. The molecule has 1 heteroatoms. The van der Waals surface area contributed by atoms with Crippen LogP contribution in [0.5, 0.6) is 0 Å². The van der Waals surface area contributed by atoms with E-state index in [1.54, 1.807) is 0 Å². The molecule has 0 nitrogen and oxygen atoms in total. The summed E-state index contributed by atoms with van der Waals surface area (Å²) in [5.74, 6) is 0. The Kier molecular flexibility index (Phi) is 3.54. The molecule has 0 amide bonds. The Hall–Kier alpha value is -1.27. The summed E-state index contributed by atoms with van der Waals surface area (Å²) in [4.78, 5) is 0. The fourth-order valence-corrected chi connectivity index (χ4v) is 2.32. The molecule has 0 bridgehead atoms. The molecule has 2 rings (SSSR count). The lowest BCUT2D eigenvalue weighted by Gasteiger charge is -2.31. The van der Waals surface area contributed by atoms with E-state index in [-0.39, 0.29) is 10.8 Å². The highest BCUT2D eigenvalue weighted by Gasteiger charge is 2.30. The third-order valence-corrected chi connectivity index (χ3v) is 4.04. The summed E-state index contributed by atoms with van der Waals surface area (Å²) >= 11 is 6.63. The van der Waals surface area contributed by atoms with Gasteiger partial charge < -0.3 is 0 Å². The Morgan fingerprint density at radius 1 is 0.824 bits per heavy atom. The quantitative estimate of drug-likeness (QED) is 0.671. The maximum Gasteiger partial charge on any atom is 0.0676 e. The van der Waals surface area contributed by atoms with E-state index in [9.17, 15) is 0 Å². The Labute approximate surface area is 108 Å². The van der Waals surface area contributed by atoms with E-state index in [1.165, 1.54) is 11.1 Å². The molecule has 2 aromatic carbocycles. The maximum absolute atomic E-state index is 6.63. The van der Waals surface area contributed by atoms with Gasteiger partial charge in [-0.2, -0.15) is 0 Å². The summed E-state index contributed by atoms with van der Waals surface area (Å²) in [7, 11) is 0. The van der Waals surface area contributed by atoms with Crippen LogP contribution in [0.15, 0.2) is 60.7 Å². The number of hydrogen-bond acceptors (Lipinski definition) is 0. The van der Waals surface area contributed by atoms with Gasteiger partial charge in [0.2, 0.25) is 0 Å². The Bertz CT molecular complexity index is 459. The average Bonchev–Trinajstić information content (AvgIpc) is 2.40. The lowest BCUT2D eigenvalue weighted by Crippen LogP contribution is -2.23. The molecule has 0 aliphatic rings. The van der Waals surface area contributed by atoms with Crippen molar-refractivity contribution in [2.45, 2.75) is 24.6 Å². The van der Waals surface area contributed by atoms with Crippen molar-refractivity contribution in [1.82, 2.24) is 0 Å². The van der Waals surface area contributed by atoms with Gasteiger partial charge in [-0.05, 0) is 11.1 Å². The van der Waals surface area contributed by atoms with E-state index in [1.807, 2.05) is 24.3 Å². The highest BCUT2D eigenvalue weighted by atomic mass is 35.5. The van der Waals surface area contributed by atoms with Crippen LogP contribution < -0.4 is 0 Å². The van der Waals surface area contributed by atoms with Crippen LogP contribution in [0, 0.1) is 0 Å². The third-order valence-electron chi connectivity index (χ3n) is 3.24. The molecule has 1 unspecified atom stereocenters. The van der Waals surface area contributed by atoms with Gasteiger partial charge in [-0.1, -0.05) is 74.5 Å². The summed E-state index contributed by atoms with van der Waals surface area (Å²) in [6.45, 7) is 4.38. The van der Waals surface area contributed by atoms with Gasteiger partial charge in [0.15, 0.2) is 0 Å². The van der Waals surface area contributed by atoms with Crippen LogP contribution in [0.3, 0.4) is 0 Å². The van der Waals surface area contributed by atoms with Crippen LogP contribution in [-0.2, 0) is 5.41 Å². The van der Waals surface area contributed by atoms with Gasteiger partial charge in [-0.25, -0.2) is 0 Å². The maximum atomic E-state index is 6.63. The fourth-order valence-electron chi connectivity index (χ4n) is 2.05. The van der Waals surface area contributed by atoms with Crippen molar-refractivity contribution in [3.05, 3.63) is 71.8 Å². The van der Waals surface area contributed by atoms with Crippen molar-refractivity contribution in [2.75, 3.05) is 0 Å². The van der Waals surface area contributed by atoms with Crippen molar-refractivity contribution in [1.29, 1.82) is 0 Å². The molecule has 1 atom stereocenters. The predicted molar refractivity (Wildman–Crippen MR) is 74.5 cm³/mol. The van der Waals surface area contributed by atoms with Gasteiger partial charge in [0.25, 0.3) is 0 Å². The topological polar surface area (TPSA) is 0 Å². The molecule has 0 aliphatic heterocycles. The van der Waals surface area contributed by atoms with E-state index in [4.69, 9.17) is 11.6 Å². The van der Waals surface area contributed by atoms with Gasteiger partial charge in [-0.3, -0.25) is 0 Å². The van der Waals surface area contributed by atoms with Gasteiger partial charge >= 0.3 is 0 Å².